The minimum atomic E-state index is -0.500. The molecule has 0 aromatic heterocycles. The van der Waals surface area contributed by atoms with Gasteiger partial charge in [0.25, 0.3) is 0 Å². The summed E-state index contributed by atoms with van der Waals surface area (Å²) in [6.45, 7) is 6.88. The van der Waals surface area contributed by atoms with Gasteiger partial charge in [-0.1, -0.05) is 11.6 Å². The highest BCUT2D eigenvalue weighted by Gasteiger charge is 2.24. The molecule has 1 aromatic rings. The molecule has 0 saturated carbocycles. The van der Waals surface area contributed by atoms with E-state index in [0.717, 1.165) is 47.5 Å². The minimum Gasteiger partial charge on any atom is -0.497 e. The standard InChI is InChI=1S/C25H33NO4S/c1-25(2,3)30-24(28)26-12-5-7-18(11-13-26)15-22(27)19-8-6-14-31-23-10-9-21(29-4)17-20(23)16-19/h8-10,15,17H,5-7,11-14,16H2,1-4H3/b18-15-,19-8+. The van der Waals surface area contributed by atoms with Gasteiger partial charge in [-0.15, -0.1) is 11.8 Å². The molecule has 2 aliphatic heterocycles. The smallest absolute Gasteiger partial charge is 0.410 e. The van der Waals surface area contributed by atoms with Crippen LogP contribution >= 0.6 is 11.8 Å². The Morgan fingerprint density at radius 2 is 1.97 bits per heavy atom. The molecule has 31 heavy (non-hydrogen) atoms. The van der Waals surface area contributed by atoms with E-state index in [1.807, 2.05) is 44.7 Å². The van der Waals surface area contributed by atoms with Crippen LogP contribution in [0.5, 0.6) is 5.75 Å². The highest BCUT2D eigenvalue weighted by atomic mass is 32.2. The van der Waals surface area contributed by atoms with Crippen LogP contribution in [0.25, 0.3) is 0 Å². The van der Waals surface area contributed by atoms with E-state index in [-0.39, 0.29) is 11.9 Å². The van der Waals surface area contributed by atoms with Crippen LogP contribution in [0.4, 0.5) is 4.79 Å². The van der Waals surface area contributed by atoms with Gasteiger partial charge in [-0.3, -0.25) is 4.79 Å². The van der Waals surface area contributed by atoms with E-state index in [1.165, 1.54) is 4.90 Å². The monoisotopic (exact) mass is 443 g/mol. The molecule has 0 unspecified atom stereocenters. The maximum atomic E-state index is 13.1. The van der Waals surface area contributed by atoms with Crippen LogP contribution in [0, 0.1) is 0 Å². The Morgan fingerprint density at radius 3 is 2.71 bits per heavy atom. The topological polar surface area (TPSA) is 55.8 Å². The third-order valence-electron chi connectivity index (χ3n) is 5.35. The second-order valence-electron chi connectivity index (χ2n) is 9.00. The molecular weight excluding hydrogens is 410 g/mol. The van der Waals surface area contributed by atoms with Crippen molar-refractivity contribution in [3.63, 3.8) is 0 Å². The van der Waals surface area contributed by atoms with Gasteiger partial charge in [-0.25, -0.2) is 4.79 Å². The highest BCUT2D eigenvalue weighted by molar-refractivity contribution is 7.99. The summed E-state index contributed by atoms with van der Waals surface area (Å²) in [6, 6.07) is 6.09. The number of rotatable bonds is 3. The summed E-state index contributed by atoms with van der Waals surface area (Å²) in [5.74, 6) is 1.86. The molecule has 0 spiro atoms. The molecule has 1 aromatic carbocycles. The number of hydrogen-bond acceptors (Lipinski definition) is 5. The van der Waals surface area contributed by atoms with E-state index in [0.29, 0.717) is 25.9 Å². The molecule has 1 saturated heterocycles. The molecule has 3 rings (SSSR count). The Bertz CT molecular complexity index is 882. The number of ketones is 1. The van der Waals surface area contributed by atoms with Crippen molar-refractivity contribution in [3.8, 4) is 5.75 Å². The first-order valence-electron chi connectivity index (χ1n) is 11.0. The van der Waals surface area contributed by atoms with Gasteiger partial charge in [0.15, 0.2) is 5.78 Å². The van der Waals surface area contributed by atoms with Crippen LogP contribution in [0.1, 0.15) is 52.0 Å². The van der Waals surface area contributed by atoms with Crippen molar-refractivity contribution in [2.45, 2.75) is 63.4 Å². The molecule has 0 atom stereocenters. The Labute approximate surface area is 189 Å². The van der Waals surface area contributed by atoms with Gasteiger partial charge < -0.3 is 14.4 Å². The first kappa shape index (κ1) is 23.5. The molecule has 0 N–H and O–H groups in total. The lowest BCUT2D eigenvalue weighted by molar-refractivity contribution is -0.111. The van der Waals surface area contributed by atoms with Crippen molar-refractivity contribution < 1.29 is 19.1 Å². The SMILES string of the molecule is COc1ccc2c(c1)C/C(C(=O)/C=C1/CCCN(C(=O)OC(C)(C)C)CC1)=C\CCS2. The summed E-state index contributed by atoms with van der Waals surface area (Å²) in [5, 5.41) is 0. The predicted octanol–water partition coefficient (Wildman–Crippen LogP) is 5.58. The lowest BCUT2D eigenvalue weighted by Gasteiger charge is -2.26. The number of allylic oxidation sites excluding steroid dienone is 3. The number of carbonyl (C=O) groups is 2. The maximum Gasteiger partial charge on any atom is 0.410 e. The van der Waals surface area contributed by atoms with Crippen LogP contribution in [-0.2, 0) is 16.0 Å². The zero-order chi connectivity index (χ0) is 22.4. The van der Waals surface area contributed by atoms with Crippen molar-refractivity contribution in [1.29, 1.82) is 0 Å². The predicted molar refractivity (Wildman–Crippen MR) is 125 cm³/mol. The Kier molecular flexibility index (Phi) is 7.87. The largest absolute Gasteiger partial charge is 0.497 e. The summed E-state index contributed by atoms with van der Waals surface area (Å²) in [6.07, 6.45) is 7.49. The molecule has 0 radical (unpaired) electrons. The van der Waals surface area contributed by atoms with E-state index in [1.54, 1.807) is 18.1 Å². The molecular formula is C25H33NO4S. The summed E-state index contributed by atoms with van der Waals surface area (Å²) < 4.78 is 10.9. The second-order valence-corrected chi connectivity index (χ2v) is 10.1. The molecule has 2 aliphatic rings. The van der Waals surface area contributed by atoms with Gasteiger partial charge in [-0.05, 0) is 81.9 Å². The molecule has 168 valence electrons. The Balaban J connectivity index is 1.68. The molecule has 0 aliphatic carbocycles. The lowest BCUT2D eigenvalue weighted by atomic mass is 9.97. The molecule has 2 heterocycles. The average molecular weight is 444 g/mol. The van der Waals surface area contributed by atoms with Crippen LogP contribution in [0.15, 0.2) is 46.4 Å². The van der Waals surface area contributed by atoms with Gasteiger partial charge >= 0.3 is 6.09 Å². The molecule has 0 bridgehead atoms. The van der Waals surface area contributed by atoms with Crippen molar-refractivity contribution in [2.24, 2.45) is 0 Å². The van der Waals surface area contributed by atoms with Crippen molar-refractivity contribution in [2.75, 3.05) is 26.0 Å². The van der Waals surface area contributed by atoms with Crippen LogP contribution in [-0.4, -0.2) is 48.3 Å². The number of methoxy groups -OCH3 is 1. The Hall–Kier alpha value is -2.21. The number of likely N-dealkylation sites (tertiary alicyclic amines) is 1. The number of nitrogens with zero attached hydrogens (tertiary/aromatic N) is 1. The number of ether oxygens (including phenoxy) is 2. The molecule has 1 fully saturated rings. The van der Waals surface area contributed by atoms with Crippen molar-refractivity contribution in [1.82, 2.24) is 4.90 Å². The maximum absolute atomic E-state index is 13.1. The van der Waals surface area contributed by atoms with Crippen molar-refractivity contribution >= 4 is 23.6 Å². The van der Waals surface area contributed by atoms with E-state index in [4.69, 9.17) is 9.47 Å². The average Bonchev–Trinajstić information content (AvgIpc) is 2.92. The van der Waals surface area contributed by atoms with Crippen LogP contribution in [0.2, 0.25) is 0 Å². The second kappa shape index (κ2) is 10.4. The van der Waals surface area contributed by atoms with Gasteiger partial charge in [0.05, 0.1) is 7.11 Å². The summed E-state index contributed by atoms with van der Waals surface area (Å²) in [5.41, 5.74) is 2.59. The zero-order valence-electron chi connectivity index (χ0n) is 19.0. The van der Waals surface area contributed by atoms with Crippen LogP contribution < -0.4 is 4.74 Å². The third-order valence-corrected chi connectivity index (χ3v) is 6.50. The fraction of sp³-hybridized carbons (Fsp3) is 0.520. The minimum absolute atomic E-state index is 0.0846. The molecule has 1 amide bonds. The molecule has 6 heteroatoms. The number of benzene rings is 1. The van der Waals surface area contributed by atoms with Crippen LogP contribution in [0.3, 0.4) is 0 Å². The summed E-state index contributed by atoms with van der Waals surface area (Å²) >= 11 is 1.82. The molecule has 5 nitrogen and oxygen atoms in total. The number of thioether (sulfide) groups is 1. The lowest BCUT2D eigenvalue weighted by Crippen LogP contribution is -2.37. The fourth-order valence-electron chi connectivity index (χ4n) is 3.77. The summed E-state index contributed by atoms with van der Waals surface area (Å²) in [4.78, 5) is 28.5. The first-order valence-corrected chi connectivity index (χ1v) is 11.9. The van der Waals surface area contributed by atoms with E-state index in [2.05, 4.69) is 12.1 Å². The van der Waals surface area contributed by atoms with E-state index < -0.39 is 5.60 Å². The Morgan fingerprint density at radius 1 is 1.16 bits per heavy atom. The number of amides is 1. The van der Waals surface area contributed by atoms with Gasteiger partial charge in [-0.2, -0.15) is 0 Å². The van der Waals surface area contributed by atoms with Gasteiger partial charge in [0, 0.05) is 30.2 Å². The van der Waals surface area contributed by atoms with Gasteiger partial charge in [0.1, 0.15) is 11.4 Å². The first-order chi connectivity index (χ1) is 14.7. The number of carbonyl (C=O) groups excluding carboxylic acids is 2. The quantitative estimate of drug-likeness (QED) is 0.571. The summed E-state index contributed by atoms with van der Waals surface area (Å²) in [7, 11) is 1.66. The van der Waals surface area contributed by atoms with E-state index >= 15 is 0 Å². The zero-order valence-corrected chi connectivity index (χ0v) is 19.8. The number of fused-ring (bicyclic) bond motifs is 1. The third kappa shape index (κ3) is 6.89. The normalized spacial score (nSPS) is 20.6. The van der Waals surface area contributed by atoms with Gasteiger partial charge in [0.2, 0.25) is 0 Å². The van der Waals surface area contributed by atoms with Crippen molar-refractivity contribution in [3.05, 3.63) is 47.1 Å². The van der Waals surface area contributed by atoms with E-state index in [9.17, 15) is 9.59 Å². The highest BCUT2D eigenvalue weighted by Crippen LogP contribution is 2.31. The number of hydrogen-bond donors (Lipinski definition) is 0. The fourth-order valence-corrected chi connectivity index (χ4v) is 4.71.